The van der Waals surface area contributed by atoms with E-state index in [1.54, 1.807) is 0 Å². The number of nitrogens with one attached hydrogen (secondary N) is 1. The number of carbonyl (C=O) groups excluding carboxylic acids is 1. The zero-order valence-electron chi connectivity index (χ0n) is 15.4. The van der Waals surface area contributed by atoms with E-state index in [9.17, 15) is 4.79 Å². The zero-order valence-corrected chi connectivity index (χ0v) is 16.9. The van der Waals surface area contributed by atoms with Crippen molar-refractivity contribution in [2.24, 2.45) is 0 Å². The molecule has 0 radical (unpaired) electrons. The van der Waals surface area contributed by atoms with Gasteiger partial charge in [0.05, 0.1) is 10.2 Å². The van der Waals surface area contributed by atoms with E-state index in [0.29, 0.717) is 16.6 Å². The maximum atomic E-state index is 12.8. The van der Waals surface area contributed by atoms with Crippen LogP contribution in [0.15, 0.2) is 72.8 Å². The van der Waals surface area contributed by atoms with Crippen LogP contribution in [-0.4, -0.2) is 10.9 Å². The van der Waals surface area contributed by atoms with Crippen LogP contribution in [0.25, 0.3) is 10.2 Å². The summed E-state index contributed by atoms with van der Waals surface area (Å²) in [5.74, 6) is -0.0616. The van der Waals surface area contributed by atoms with E-state index >= 15 is 0 Å². The monoisotopic (exact) mass is 406 g/mol. The smallest absolute Gasteiger partial charge is 0.227 e. The molecule has 1 aromatic heterocycles. The molecule has 0 aliphatic carbocycles. The molecule has 0 aliphatic rings. The number of hydrogen-bond acceptors (Lipinski definition) is 3. The number of carbonyl (C=O) groups is 1. The normalized spacial score (nSPS) is 11.1. The van der Waals surface area contributed by atoms with Gasteiger partial charge in [-0.3, -0.25) is 4.79 Å². The first kappa shape index (κ1) is 18.7. The molecule has 0 fully saturated rings. The molecule has 0 unspecified atom stereocenters. The molecule has 0 saturated carbocycles. The second kappa shape index (κ2) is 8.13. The van der Waals surface area contributed by atoms with E-state index in [4.69, 9.17) is 11.6 Å². The van der Waals surface area contributed by atoms with Crippen LogP contribution in [0.5, 0.6) is 0 Å². The van der Waals surface area contributed by atoms with Gasteiger partial charge in [-0.25, -0.2) is 4.98 Å². The summed E-state index contributed by atoms with van der Waals surface area (Å²) in [4.78, 5) is 17.4. The van der Waals surface area contributed by atoms with Crippen molar-refractivity contribution < 1.29 is 4.79 Å². The van der Waals surface area contributed by atoms with Gasteiger partial charge in [0.2, 0.25) is 5.91 Å². The molecule has 5 heteroatoms. The number of anilines is 1. The number of rotatable bonds is 5. The fourth-order valence-corrected chi connectivity index (χ4v) is 4.40. The number of aryl methyl sites for hydroxylation is 1. The minimum atomic E-state index is -0.0551. The van der Waals surface area contributed by atoms with Gasteiger partial charge in [0.15, 0.2) is 5.13 Å². The molecule has 1 heterocycles. The van der Waals surface area contributed by atoms with E-state index in [2.05, 4.69) is 34.6 Å². The van der Waals surface area contributed by atoms with Crippen LogP contribution in [0, 0.1) is 6.92 Å². The Balaban J connectivity index is 1.58. The molecular weight excluding hydrogens is 388 g/mol. The zero-order chi connectivity index (χ0) is 19.5. The lowest BCUT2D eigenvalue weighted by Crippen LogP contribution is -2.16. The number of benzene rings is 3. The number of nitrogens with zero attached hydrogens (tertiary/aromatic N) is 1. The highest BCUT2D eigenvalue weighted by molar-refractivity contribution is 7.22. The van der Waals surface area contributed by atoms with Crippen molar-refractivity contribution in [3.63, 3.8) is 0 Å². The third kappa shape index (κ3) is 3.93. The highest BCUT2D eigenvalue weighted by Gasteiger charge is 2.19. The Labute approximate surface area is 173 Å². The highest BCUT2D eigenvalue weighted by atomic mass is 35.5. The number of fused-ring (bicyclic) bond motifs is 1. The number of thiazole rings is 1. The Kier molecular flexibility index (Phi) is 5.42. The summed E-state index contributed by atoms with van der Waals surface area (Å²) in [6.07, 6.45) is 0.351. The lowest BCUT2D eigenvalue weighted by Gasteiger charge is -2.17. The van der Waals surface area contributed by atoms with Crippen molar-refractivity contribution in [2.45, 2.75) is 19.3 Å². The Morgan fingerprint density at radius 2 is 1.61 bits per heavy atom. The first-order valence-electron chi connectivity index (χ1n) is 9.07. The lowest BCUT2D eigenvalue weighted by molar-refractivity contribution is -0.116. The maximum Gasteiger partial charge on any atom is 0.227 e. The van der Waals surface area contributed by atoms with Crippen LogP contribution < -0.4 is 5.32 Å². The van der Waals surface area contributed by atoms with Crippen LogP contribution in [0.1, 0.15) is 29.0 Å². The molecule has 1 N–H and O–H groups in total. The molecule has 0 bridgehead atoms. The lowest BCUT2D eigenvalue weighted by atomic mass is 9.88. The van der Waals surface area contributed by atoms with Gasteiger partial charge in [0.1, 0.15) is 0 Å². The minimum Gasteiger partial charge on any atom is -0.302 e. The summed E-state index contributed by atoms with van der Waals surface area (Å²) in [5.41, 5.74) is 4.02. The van der Waals surface area contributed by atoms with Gasteiger partial charge in [0, 0.05) is 17.4 Å². The molecular formula is C23H19ClN2OS. The van der Waals surface area contributed by atoms with Crippen molar-refractivity contribution in [3.8, 4) is 0 Å². The Bertz CT molecular complexity index is 1070. The van der Waals surface area contributed by atoms with Crippen molar-refractivity contribution >= 4 is 44.2 Å². The average Bonchev–Trinajstić information content (AvgIpc) is 3.13. The second-order valence-electron chi connectivity index (χ2n) is 6.66. The Morgan fingerprint density at radius 3 is 2.21 bits per heavy atom. The van der Waals surface area contributed by atoms with Crippen molar-refractivity contribution in [3.05, 3.63) is 94.5 Å². The third-order valence-electron chi connectivity index (χ3n) is 4.79. The maximum absolute atomic E-state index is 12.8. The number of amides is 1. The predicted molar refractivity (Wildman–Crippen MR) is 117 cm³/mol. The Morgan fingerprint density at radius 1 is 1.00 bits per heavy atom. The van der Waals surface area contributed by atoms with Crippen molar-refractivity contribution in [2.75, 3.05) is 5.32 Å². The first-order chi connectivity index (χ1) is 13.6. The summed E-state index contributed by atoms with van der Waals surface area (Å²) >= 11 is 7.65. The van der Waals surface area contributed by atoms with Crippen LogP contribution >= 0.6 is 22.9 Å². The molecule has 140 valence electrons. The van der Waals surface area contributed by atoms with Gasteiger partial charge >= 0.3 is 0 Å². The second-order valence-corrected chi connectivity index (χ2v) is 8.10. The van der Waals surface area contributed by atoms with E-state index in [1.165, 1.54) is 11.3 Å². The molecule has 4 aromatic rings. The molecule has 28 heavy (non-hydrogen) atoms. The summed E-state index contributed by atoms with van der Waals surface area (Å²) in [7, 11) is 0. The van der Waals surface area contributed by atoms with Crippen molar-refractivity contribution in [1.82, 2.24) is 4.98 Å². The van der Waals surface area contributed by atoms with Gasteiger partial charge in [-0.1, -0.05) is 83.6 Å². The average molecular weight is 407 g/mol. The molecule has 3 aromatic carbocycles. The molecule has 0 saturated heterocycles. The molecule has 1 amide bonds. The Hall–Kier alpha value is -2.69. The molecule has 3 nitrogen and oxygen atoms in total. The fourth-order valence-electron chi connectivity index (χ4n) is 3.31. The van der Waals surface area contributed by atoms with E-state index in [1.807, 2.05) is 55.5 Å². The van der Waals surface area contributed by atoms with Gasteiger partial charge in [0.25, 0.3) is 0 Å². The van der Waals surface area contributed by atoms with E-state index in [-0.39, 0.29) is 11.8 Å². The minimum absolute atomic E-state index is 0.00652. The fraction of sp³-hybridized carbons (Fsp3) is 0.130. The highest BCUT2D eigenvalue weighted by Crippen LogP contribution is 2.33. The van der Waals surface area contributed by atoms with Crippen LogP contribution in [0.3, 0.4) is 0 Å². The summed E-state index contributed by atoms with van der Waals surface area (Å²) in [6.45, 7) is 1.94. The van der Waals surface area contributed by atoms with Crippen LogP contribution in [0.2, 0.25) is 5.02 Å². The summed E-state index contributed by atoms with van der Waals surface area (Å²) in [5, 5.41) is 4.26. The molecule has 0 spiro atoms. The van der Waals surface area contributed by atoms with Crippen molar-refractivity contribution in [1.29, 1.82) is 0 Å². The van der Waals surface area contributed by atoms with Crippen LogP contribution in [-0.2, 0) is 4.79 Å². The molecule has 4 rings (SSSR count). The van der Waals surface area contributed by atoms with Crippen LogP contribution in [0.4, 0.5) is 5.13 Å². The summed E-state index contributed by atoms with van der Waals surface area (Å²) in [6, 6.07) is 24.0. The van der Waals surface area contributed by atoms with E-state index in [0.717, 1.165) is 26.9 Å². The third-order valence-corrected chi connectivity index (χ3v) is 6.13. The number of aromatic nitrogens is 1. The SMILES string of the molecule is Cc1c(Cl)ccc2sc(NC(=O)CC(c3ccccc3)c3ccccc3)nc12. The quantitative estimate of drug-likeness (QED) is 0.415. The topological polar surface area (TPSA) is 42.0 Å². The number of hydrogen-bond donors (Lipinski definition) is 1. The molecule has 0 aliphatic heterocycles. The summed E-state index contributed by atoms with van der Waals surface area (Å²) < 4.78 is 1.01. The molecule has 0 atom stereocenters. The number of halogens is 1. The first-order valence-corrected chi connectivity index (χ1v) is 10.3. The standard InChI is InChI=1S/C23H19ClN2OS/c1-15-19(24)12-13-20-22(15)26-23(28-20)25-21(27)14-18(16-8-4-2-5-9-16)17-10-6-3-7-11-17/h2-13,18H,14H2,1H3,(H,25,26,27). The van der Waals surface area contributed by atoms with Gasteiger partial charge in [-0.05, 0) is 35.7 Å². The van der Waals surface area contributed by atoms with Gasteiger partial charge in [-0.15, -0.1) is 0 Å². The largest absolute Gasteiger partial charge is 0.302 e. The van der Waals surface area contributed by atoms with Gasteiger partial charge < -0.3 is 5.32 Å². The predicted octanol–water partition coefficient (Wildman–Crippen LogP) is 6.42. The van der Waals surface area contributed by atoms with Gasteiger partial charge in [-0.2, -0.15) is 0 Å². The van der Waals surface area contributed by atoms with E-state index < -0.39 is 0 Å².